The Kier molecular flexibility index (Phi) is 4.61. The minimum Gasteiger partial charge on any atom is -0.368 e. The van der Waals surface area contributed by atoms with Crippen LogP contribution in [-0.4, -0.2) is 37.0 Å². The quantitative estimate of drug-likeness (QED) is 0.861. The van der Waals surface area contributed by atoms with Crippen molar-refractivity contribution in [3.05, 3.63) is 65.7 Å². The van der Waals surface area contributed by atoms with E-state index in [1.165, 1.54) is 11.3 Å². The first-order valence-electron chi connectivity index (χ1n) is 8.65. The van der Waals surface area contributed by atoms with Gasteiger partial charge in [0.1, 0.15) is 0 Å². The van der Waals surface area contributed by atoms with Crippen LogP contribution >= 0.6 is 0 Å². The van der Waals surface area contributed by atoms with Gasteiger partial charge >= 0.3 is 0 Å². The predicted molar refractivity (Wildman–Crippen MR) is 99.4 cm³/mol. The van der Waals surface area contributed by atoms with Crippen LogP contribution in [0.25, 0.3) is 0 Å². The molecule has 0 aliphatic carbocycles. The van der Waals surface area contributed by atoms with E-state index in [9.17, 15) is 4.79 Å². The fourth-order valence-electron chi connectivity index (χ4n) is 3.44. The molecule has 3 nitrogen and oxygen atoms in total. The number of piperazine rings is 1. The Morgan fingerprint density at radius 2 is 1.46 bits per heavy atom. The zero-order valence-corrected chi connectivity index (χ0v) is 14.8. The zero-order chi connectivity index (χ0) is 17.2. The molecule has 3 rings (SSSR count). The number of carbonyl (C=O) groups is 1. The van der Waals surface area contributed by atoms with E-state index in [1.54, 1.807) is 0 Å². The van der Waals surface area contributed by atoms with Gasteiger partial charge in [0.2, 0.25) is 5.91 Å². The van der Waals surface area contributed by atoms with Crippen LogP contribution in [0, 0.1) is 6.92 Å². The van der Waals surface area contributed by atoms with Crippen LogP contribution in [0.2, 0.25) is 0 Å². The minimum atomic E-state index is -0.480. The summed E-state index contributed by atoms with van der Waals surface area (Å²) in [5.74, 6) is 0.220. The second kappa shape index (κ2) is 6.68. The van der Waals surface area contributed by atoms with Crippen molar-refractivity contribution >= 4 is 11.6 Å². The molecule has 0 radical (unpaired) electrons. The first kappa shape index (κ1) is 16.6. The van der Waals surface area contributed by atoms with Gasteiger partial charge in [0.15, 0.2) is 0 Å². The molecule has 2 aromatic rings. The first-order chi connectivity index (χ1) is 11.5. The molecule has 0 unspecified atom stereocenters. The summed E-state index contributed by atoms with van der Waals surface area (Å²) in [7, 11) is 0. The number of para-hydroxylation sites is 1. The molecular weight excluding hydrogens is 296 g/mol. The standard InChI is InChI=1S/C21H26N2O/c1-17-9-7-8-12-19(17)22-13-15-23(16-14-22)20(24)21(2,3)18-10-5-4-6-11-18/h4-12H,13-16H2,1-3H3. The summed E-state index contributed by atoms with van der Waals surface area (Å²) < 4.78 is 0. The topological polar surface area (TPSA) is 23.6 Å². The van der Waals surface area contributed by atoms with Gasteiger partial charge in [0.05, 0.1) is 5.41 Å². The van der Waals surface area contributed by atoms with Crippen molar-refractivity contribution in [1.29, 1.82) is 0 Å². The molecule has 1 aliphatic rings. The Bertz CT molecular complexity index is 701. The number of carbonyl (C=O) groups excluding carboxylic acids is 1. The fourth-order valence-corrected chi connectivity index (χ4v) is 3.44. The first-order valence-corrected chi connectivity index (χ1v) is 8.65. The molecule has 1 heterocycles. The summed E-state index contributed by atoms with van der Waals surface area (Å²) in [6, 6.07) is 18.5. The van der Waals surface area contributed by atoms with Crippen molar-refractivity contribution in [1.82, 2.24) is 4.90 Å². The van der Waals surface area contributed by atoms with Crippen LogP contribution in [0.3, 0.4) is 0 Å². The van der Waals surface area contributed by atoms with Gasteiger partial charge in [-0.2, -0.15) is 0 Å². The van der Waals surface area contributed by atoms with Crippen molar-refractivity contribution in [2.24, 2.45) is 0 Å². The minimum absolute atomic E-state index is 0.220. The number of anilines is 1. The number of benzene rings is 2. The van der Waals surface area contributed by atoms with Gasteiger partial charge in [-0.15, -0.1) is 0 Å². The maximum atomic E-state index is 13.0. The summed E-state index contributed by atoms with van der Waals surface area (Å²) in [4.78, 5) is 17.4. The van der Waals surface area contributed by atoms with Gasteiger partial charge in [0, 0.05) is 31.9 Å². The molecule has 1 aliphatic heterocycles. The highest BCUT2D eigenvalue weighted by Gasteiger charge is 2.35. The highest BCUT2D eigenvalue weighted by atomic mass is 16.2. The lowest BCUT2D eigenvalue weighted by molar-refractivity contribution is -0.136. The number of nitrogens with zero attached hydrogens (tertiary/aromatic N) is 2. The second-order valence-corrected chi connectivity index (χ2v) is 7.06. The summed E-state index contributed by atoms with van der Waals surface area (Å²) in [6.45, 7) is 9.54. The van der Waals surface area contributed by atoms with E-state index >= 15 is 0 Å². The van der Waals surface area contributed by atoms with Crippen molar-refractivity contribution in [3.8, 4) is 0 Å². The fraction of sp³-hybridized carbons (Fsp3) is 0.381. The predicted octanol–water partition coefficient (Wildman–Crippen LogP) is 3.62. The Labute approximate surface area is 144 Å². The maximum absolute atomic E-state index is 13.0. The molecule has 1 saturated heterocycles. The van der Waals surface area contributed by atoms with E-state index < -0.39 is 5.41 Å². The summed E-state index contributed by atoms with van der Waals surface area (Å²) >= 11 is 0. The Balaban J connectivity index is 1.68. The SMILES string of the molecule is Cc1ccccc1N1CCN(C(=O)C(C)(C)c2ccccc2)CC1. The molecule has 0 bridgehead atoms. The molecule has 0 aromatic heterocycles. The third kappa shape index (κ3) is 3.16. The summed E-state index contributed by atoms with van der Waals surface area (Å²) in [5, 5.41) is 0. The van der Waals surface area contributed by atoms with Crippen molar-refractivity contribution in [2.75, 3.05) is 31.1 Å². The van der Waals surface area contributed by atoms with Crippen LogP contribution in [0.4, 0.5) is 5.69 Å². The maximum Gasteiger partial charge on any atom is 0.232 e. The van der Waals surface area contributed by atoms with E-state index in [2.05, 4.69) is 36.1 Å². The summed E-state index contributed by atoms with van der Waals surface area (Å²) in [6.07, 6.45) is 0. The molecule has 0 atom stereocenters. The normalized spacial score (nSPS) is 15.5. The Morgan fingerprint density at radius 1 is 0.875 bits per heavy atom. The number of aryl methyl sites for hydroxylation is 1. The van der Waals surface area contributed by atoms with Gasteiger partial charge in [-0.25, -0.2) is 0 Å². The third-order valence-corrected chi connectivity index (χ3v) is 5.05. The van der Waals surface area contributed by atoms with E-state index in [0.29, 0.717) is 0 Å². The van der Waals surface area contributed by atoms with Gasteiger partial charge in [-0.3, -0.25) is 4.79 Å². The van der Waals surface area contributed by atoms with Gasteiger partial charge in [-0.1, -0.05) is 48.5 Å². The van der Waals surface area contributed by atoms with Gasteiger partial charge in [-0.05, 0) is 38.0 Å². The van der Waals surface area contributed by atoms with E-state index in [-0.39, 0.29) is 5.91 Å². The van der Waals surface area contributed by atoms with Crippen LogP contribution in [0.1, 0.15) is 25.0 Å². The number of hydrogen-bond acceptors (Lipinski definition) is 2. The van der Waals surface area contributed by atoms with Crippen molar-refractivity contribution in [2.45, 2.75) is 26.2 Å². The number of hydrogen-bond donors (Lipinski definition) is 0. The molecule has 2 aromatic carbocycles. The molecule has 0 saturated carbocycles. The van der Waals surface area contributed by atoms with Gasteiger partial charge < -0.3 is 9.80 Å². The molecule has 1 amide bonds. The van der Waals surface area contributed by atoms with Crippen molar-refractivity contribution < 1.29 is 4.79 Å². The van der Waals surface area contributed by atoms with Crippen LogP contribution < -0.4 is 4.90 Å². The lowest BCUT2D eigenvalue weighted by Crippen LogP contribution is -2.53. The molecule has 3 heteroatoms. The summed E-state index contributed by atoms with van der Waals surface area (Å²) in [5.41, 5.74) is 3.18. The largest absolute Gasteiger partial charge is 0.368 e. The molecule has 1 fully saturated rings. The smallest absolute Gasteiger partial charge is 0.232 e. The monoisotopic (exact) mass is 322 g/mol. The van der Waals surface area contributed by atoms with E-state index in [1.807, 2.05) is 49.1 Å². The zero-order valence-electron chi connectivity index (χ0n) is 14.8. The Hall–Kier alpha value is -2.29. The lowest BCUT2D eigenvalue weighted by Gasteiger charge is -2.40. The Morgan fingerprint density at radius 3 is 2.08 bits per heavy atom. The highest BCUT2D eigenvalue weighted by Crippen LogP contribution is 2.27. The number of rotatable bonds is 3. The average Bonchev–Trinajstić information content (AvgIpc) is 2.62. The van der Waals surface area contributed by atoms with E-state index in [4.69, 9.17) is 0 Å². The molecule has 0 spiro atoms. The van der Waals surface area contributed by atoms with Crippen LogP contribution in [-0.2, 0) is 10.2 Å². The molecule has 0 N–H and O–H groups in total. The van der Waals surface area contributed by atoms with Crippen LogP contribution in [0.5, 0.6) is 0 Å². The average molecular weight is 322 g/mol. The molecule has 126 valence electrons. The second-order valence-electron chi connectivity index (χ2n) is 7.06. The highest BCUT2D eigenvalue weighted by molar-refractivity contribution is 5.87. The number of amides is 1. The van der Waals surface area contributed by atoms with Crippen LogP contribution in [0.15, 0.2) is 54.6 Å². The third-order valence-electron chi connectivity index (χ3n) is 5.05. The van der Waals surface area contributed by atoms with Gasteiger partial charge in [0.25, 0.3) is 0 Å². The molecular formula is C21H26N2O. The lowest BCUT2D eigenvalue weighted by atomic mass is 9.83. The van der Waals surface area contributed by atoms with E-state index in [0.717, 1.165) is 31.7 Å². The van der Waals surface area contributed by atoms with Crippen molar-refractivity contribution in [3.63, 3.8) is 0 Å². The molecule has 24 heavy (non-hydrogen) atoms.